The van der Waals surface area contributed by atoms with Gasteiger partial charge in [-0.1, -0.05) is 42.0 Å². The van der Waals surface area contributed by atoms with Gasteiger partial charge in [0, 0.05) is 0 Å². The number of carboxylic acids is 1. The molecule has 0 fully saturated rings. The number of rotatable bonds is 7. The Bertz CT molecular complexity index is 943. The monoisotopic (exact) mass is 376 g/mol. The summed E-state index contributed by atoms with van der Waals surface area (Å²) in [6, 6.07) is 20.8. The zero-order valence-corrected chi connectivity index (χ0v) is 16.3. The lowest BCUT2D eigenvalue weighted by Gasteiger charge is -2.14. The Morgan fingerprint density at radius 3 is 2.14 bits per heavy atom. The lowest BCUT2D eigenvalue weighted by Crippen LogP contribution is -2.14. The zero-order valence-electron chi connectivity index (χ0n) is 16.3. The van der Waals surface area contributed by atoms with Crippen LogP contribution in [0.2, 0.25) is 0 Å². The average molecular weight is 376 g/mol. The van der Waals surface area contributed by atoms with Gasteiger partial charge in [-0.05, 0) is 67.3 Å². The van der Waals surface area contributed by atoms with Gasteiger partial charge in [0.1, 0.15) is 17.2 Å². The normalized spacial score (nSPS) is 11.7. The van der Waals surface area contributed by atoms with Gasteiger partial charge in [-0.2, -0.15) is 0 Å². The first-order valence-electron chi connectivity index (χ1n) is 9.17. The number of carboxylic acid groups (broad SMARTS) is 1. The number of benzene rings is 3. The summed E-state index contributed by atoms with van der Waals surface area (Å²) >= 11 is 0. The topological polar surface area (TPSA) is 55.8 Å². The summed E-state index contributed by atoms with van der Waals surface area (Å²) in [6.45, 7) is 4.07. The molecule has 0 saturated heterocycles. The minimum absolute atomic E-state index is 0.408. The van der Waals surface area contributed by atoms with Crippen molar-refractivity contribution in [3.63, 3.8) is 0 Å². The van der Waals surface area contributed by atoms with Crippen LogP contribution in [0.5, 0.6) is 17.2 Å². The molecule has 3 rings (SSSR count). The van der Waals surface area contributed by atoms with E-state index in [0.717, 1.165) is 28.2 Å². The first-order chi connectivity index (χ1) is 13.5. The number of carbonyl (C=O) groups is 1. The number of hydrogen-bond donors (Lipinski definition) is 1. The van der Waals surface area contributed by atoms with Crippen LogP contribution in [-0.4, -0.2) is 18.2 Å². The van der Waals surface area contributed by atoms with Crippen molar-refractivity contribution in [3.8, 4) is 17.2 Å². The Hall–Kier alpha value is -3.27. The van der Waals surface area contributed by atoms with Crippen LogP contribution < -0.4 is 9.47 Å². The van der Waals surface area contributed by atoms with Gasteiger partial charge >= 0.3 is 5.97 Å². The van der Waals surface area contributed by atoms with E-state index in [2.05, 4.69) is 6.07 Å². The third-order valence-electron chi connectivity index (χ3n) is 4.74. The summed E-state index contributed by atoms with van der Waals surface area (Å²) in [7, 11) is 1.59. The molecule has 4 heteroatoms. The molecule has 0 heterocycles. The van der Waals surface area contributed by atoms with Gasteiger partial charge in [0.15, 0.2) is 0 Å². The van der Waals surface area contributed by atoms with Crippen molar-refractivity contribution in [2.24, 2.45) is 0 Å². The molecule has 1 N–H and O–H groups in total. The van der Waals surface area contributed by atoms with E-state index < -0.39 is 11.9 Å². The molecule has 0 aliphatic heterocycles. The van der Waals surface area contributed by atoms with Crippen LogP contribution in [0.3, 0.4) is 0 Å². The Morgan fingerprint density at radius 2 is 1.57 bits per heavy atom. The minimum atomic E-state index is -0.847. The maximum absolute atomic E-state index is 11.8. The maximum atomic E-state index is 11.8. The number of hydrogen-bond acceptors (Lipinski definition) is 3. The second-order valence-electron chi connectivity index (χ2n) is 6.88. The first kappa shape index (κ1) is 19.5. The van der Waals surface area contributed by atoms with E-state index in [1.807, 2.05) is 50.2 Å². The Balaban J connectivity index is 1.73. The van der Waals surface area contributed by atoms with Crippen molar-refractivity contribution in [2.75, 3.05) is 7.11 Å². The average Bonchev–Trinajstić information content (AvgIpc) is 2.69. The van der Waals surface area contributed by atoms with Gasteiger partial charge in [-0.3, -0.25) is 4.79 Å². The van der Waals surface area contributed by atoms with Crippen LogP contribution in [0, 0.1) is 13.8 Å². The highest BCUT2D eigenvalue weighted by Gasteiger charge is 2.20. The summed E-state index contributed by atoms with van der Waals surface area (Å²) in [5, 5.41) is 9.66. The number of ether oxygens (including phenoxy) is 2. The SMILES string of the molecule is COc1ccc(C(Cc2ccc(Oc3ccc(C)cc3C)cc2)C(=O)O)cc1. The summed E-state index contributed by atoms with van der Waals surface area (Å²) in [5.41, 5.74) is 3.97. The van der Waals surface area contributed by atoms with E-state index in [1.54, 1.807) is 31.4 Å². The molecule has 3 aromatic carbocycles. The highest BCUT2D eigenvalue weighted by atomic mass is 16.5. The second kappa shape index (κ2) is 8.61. The lowest BCUT2D eigenvalue weighted by atomic mass is 9.92. The first-order valence-corrected chi connectivity index (χ1v) is 9.17. The lowest BCUT2D eigenvalue weighted by molar-refractivity contribution is -0.138. The van der Waals surface area contributed by atoms with E-state index in [-0.39, 0.29) is 0 Å². The molecule has 1 unspecified atom stereocenters. The molecule has 0 radical (unpaired) electrons. The van der Waals surface area contributed by atoms with Gasteiger partial charge in [0.2, 0.25) is 0 Å². The van der Waals surface area contributed by atoms with E-state index in [4.69, 9.17) is 9.47 Å². The quantitative estimate of drug-likeness (QED) is 0.590. The van der Waals surface area contributed by atoms with Gasteiger partial charge in [-0.15, -0.1) is 0 Å². The Labute approximate surface area is 165 Å². The van der Waals surface area contributed by atoms with Gasteiger partial charge in [0.05, 0.1) is 13.0 Å². The fourth-order valence-electron chi connectivity index (χ4n) is 3.15. The highest BCUT2D eigenvalue weighted by molar-refractivity contribution is 5.76. The molecule has 3 aromatic rings. The predicted molar refractivity (Wildman–Crippen MR) is 110 cm³/mol. The van der Waals surface area contributed by atoms with Crippen LogP contribution in [-0.2, 0) is 11.2 Å². The summed E-state index contributed by atoms with van der Waals surface area (Å²) in [6.07, 6.45) is 0.408. The molecular formula is C24H24O4. The maximum Gasteiger partial charge on any atom is 0.311 e. The molecular weight excluding hydrogens is 352 g/mol. The van der Waals surface area contributed by atoms with Crippen LogP contribution in [0.4, 0.5) is 0 Å². The molecule has 28 heavy (non-hydrogen) atoms. The molecule has 0 spiro atoms. The number of aryl methyl sites for hydroxylation is 2. The third-order valence-corrected chi connectivity index (χ3v) is 4.74. The smallest absolute Gasteiger partial charge is 0.311 e. The van der Waals surface area contributed by atoms with Crippen LogP contribution >= 0.6 is 0 Å². The minimum Gasteiger partial charge on any atom is -0.497 e. The molecule has 0 aliphatic rings. The zero-order chi connectivity index (χ0) is 20.1. The molecule has 0 aromatic heterocycles. The fourth-order valence-corrected chi connectivity index (χ4v) is 3.15. The van der Waals surface area contributed by atoms with Crippen molar-refractivity contribution in [1.82, 2.24) is 0 Å². The summed E-state index contributed by atoms with van der Waals surface area (Å²) < 4.78 is 11.1. The van der Waals surface area contributed by atoms with Crippen molar-refractivity contribution < 1.29 is 19.4 Å². The van der Waals surface area contributed by atoms with Crippen molar-refractivity contribution >= 4 is 5.97 Å². The van der Waals surface area contributed by atoms with Crippen molar-refractivity contribution in [2.45, 2.75) is 26.2 Å². The molecule has 1 atom stereocenters. The molecule has 144 valence electrons. The van der Waals surface area contributed by atoms with E-state index in [0.29, 0.717) is 12.2 Å². The molecule has 0 aliphatic carbocycles. The second-order valence-corrected chi connectivity index (χ2v) is 6.88. The van der Waals surface area contributed by atoms with Crippen LogP contribution in [0.15, 0.2) is 66.7 Å². The van der Waals surface area contributed by atoms with E-state index in [9.17, 15) is 9.90 Å². The van der Waals surface area contributed by atoms with Crippen molar-refractivity contribution in [1.29, 1.82) is 0 Å². The van der Waals surface area contributed by atoms with E-state index in [1.165, 1.54) is 5.56 Å². The standard InChI is InChI=1S/C24H24O4/c1-16-4-13-23(17(2)14-16)28-21-9-5-18(6-10-21)15-22(24(25)26)19-7-11-20(27-3)12-8-19/h4-14,22H,15H2,1-3H3,(H,25,26). The van der Waals surface area contributed by atoms with Gasteiger partial charge in [0.25, 0.3) is 0 Å². The summed E-state index contributed by atoms with van der Waals surface area (Å²) in [5.74, 6) is 0.797. The number of aliphatic carboxylic acids is 1. The van der Waals surface area contributed by atoms with Crippen LogP contribution in [0.25, 0.3) is 0 Å². The fraction of sp³-hybridized carbons (Fsp3) is 0.208. The Morgan fingerprint density at radius 1 is 0.929 bits per heavy atom. The molecule has 0 amide bonds. The third kappa shape index (κ3) is 4.71. The molecule has 4 nitrogen and oxygen atoms in total. The van der Waals surface area contributed by atoms with Gasteiger partial charge < -0.3 is 14.6 Å². The predicted octanol–water partition coefficient (Wildman–Crippen LogP) is 5.52. The largest absolute Gasteiger partial charge is 0.497 e. The highest BCUT2D eigenvalue weighted by Crippen LogP contribution is 2.28. The van der Waals surface area contributed by atoms with E-state index >= 15 is 0 Å². The van der Waals surface area contributed by atoms with Crippen molar-refractivity contribution in [3.05, 3.63) is 89.0 Å². The van der Waals surface area contributed by atoms with Gasteiger partial charge in [-0.25, -0.2) is 0 Å². The molecule has 0 bridgehead atoms. The molecule has 0 saturated carbocycles. The number of methoxy groups -OCH3 is 1. The Kier molecular flexibility index (Phi) is 5.99. The van der Waals surface area contributed by atoms with Crippen LogP contribution in [0.1, 0.15) is 28.2 Å². The summed E-state index contributed by atoms with van der Waals surface area (Å²) in [4.78, 5) is 11.8.